The van der Waals surface area contributed by atoms with E-state index in [1.54, 1.807) is 11.3 Å². The van der Waals surface area contributed by atoms with E-state index < -0.39 is 0 Å². The van der Waals surface area contributed by atoms with Crippen molar-refractivity contribution in [3.8, 4) is 0 Å². The number of nitrogens with one attached hydrogen (secondary N) is 1. The van der Waals surface area contributed by atoms with Gasteiger partial charge in [0, 0.05) is 5.54 Å². The number of hydrogen-bond acceptors (Lipinski definition) is 3. The molecule has 1 unspecified atom stereocenters. The van der Waals surface area contributed by atoms with Gasteiger partial charge in [-0.1, -0.05) is 20.8 Å². The molecule has 1 aromatic rings. The maximum Gasteiger partial charge on any atom is 0.0514 e. The summed E-state index contributed by atoms with van der Waals surface area (Å²) in [5, 5.41) is 8.12. The number of likely N-dealkylation sites (N-methyl/N-ethyl adjacent to an activating group) is 2. The average molecular weight is 254 g/mol. The highest BCUT2D eigenvalue weighted by Crippen LogP contribution is 2.36. The molecule has 3 heteroatoms. The SMILES string of the molecule is CCNC(c1ccsc1)C(CC)(CC)N(C)C. The van der Waals surface area contributed by atoms with Crippen LogP contribution in [0.25, 0.3) is 0 Å². The molecule has 0 aliphatic rings. The first-order chi connectivity index (χ1) is 8.12. The molecule has 0 radical (unpaired) electrons. The van der Waals surface area contributed by atoms with E-state index in [4.69, 9.17) is 0 Å². The monoisotopic (exact) mass is 254 g/mol. The van der Waals surface area contributed by atoms with Crippen LogP contribution in [-0.4, -0.2) is 31.1 Å². The van der Waals surface area contributed by atoms with Crippen molar-refractivity contribution in [1.29, 1.82) is 0 Å². The van der Waals surface area contributed by atoms with Crippen molar-refractivity contribution in [2.75, 3.05) is 20.6 Å². The number of thiophene rings is 1. The molecule has 1 N–H and O–H groups in total. The summed E-state index contributed by atoms with van der Waals surface area (Å²) in [5.41, 5.74) is 1.63. The standard InChI is InChI=1S/C14H26N2S/c1-6-14(7-2,16(4)5)13(15-8-3)12-9-10-17-11-12/h9-11,13,15H,6-8H2,1-5H3. The third kappa shape index (κ3) is 2.90. The summed E-state index contributed by atoms with van der Waals surface area (Å²) in [5.74, 6) is 0. The molecule has 2 nitrogen and oxygen atoms in total. The van der Waals surface area contributed by atoms with E-state index in [1.807, 2.05) is 0 Å². The second-order valence-electron chi connectivity index (χ2n) is 4.75. The van der Waals surface area contributed by atoms with Gasteiger partial charge in [-0.15, -0.1) is 0 Å². The summed E-state index contributed by atoms with van der Waals surface area (Å²) >= 11 is 1.78. The number of hydrogen-bond donors (Lipinski definition) is 1. The van der Waals surface area contributed by atoms with E-state index in [0.717, 1.165) is 19.4 Å². The fraction of sp³-hybridized carbons (Fsp3) is 0.714. The lowest BCUT2D eigenvalue weighted by Gasteiger charge is -2.45. The summed E-state index contributed by atoms with van der Waals surface area (Å²) in [6.07, 6.45) is 2.31. The Morgan fingerprint density at radius 1 is 1.29 bits per heavy atom. The van der Waals surface area contributed by atoms with Gasteiger partial charge in [-0.25, -0.2) is 0 Å². The lowest BCUT2D eigenvalue weighted by atomic mass is 9.80. The van der Waals surface area contributed by atoms with Crippen molar-refractivity contribution in [1.82, 2.24) is 10.2 Å². The topological polar surface area (TPSA) is 15.3 Å². The van der Waals surface area contributed by atoms with Gasteiger partial charge in [-0.2, -0.15) is 11.3 Å². The van der Waals surface area contributed by atoms with E-state index in [0.29, 0.717) is 6.04 Å². The molecule has 0 saturated heterocycles. The zero-order valence-corrected chi connectivity index (χ0v) is 12.6. The summed E-state index contributed by atoms with van der Waals surface area (Å²) in [6, 6.07) is 2.67. The van der Waals surface area contributed by atoms with E-state index >= 15 is 0 Å². The lowest BCUT2D eigenvalue weighted by molar-refractivity contribution is 0.0891. The van der Waals surface area contributed by atoms with Crippen LogP contribution >= 0.6 is 11.3 Å². The van der Waals surface area contributed by atoms with E-state index in [-0.39, 0.29) is 5.54 Å². The predicted octanol–water partition coefficient (Wildman–Crippen LogP) is 3.52. The largest absolute Gasteiger partial charge is 0.309 e. The normalized spacial score (nSPS) is 14.2. The Hall–Kier alpha value is -0.380. The van der Waals surface area contributed by atoms with E-state index in [2.05, 4.69) is 61.9 Å². The van der Waals surface area contributed by atoms with Crippen molar-refractivity contribution in [2.24, 2.45) is 0 Å². The number of nitrogens with zero attached hydrogens (tertiary/aromatic N) is 1. The number of rotatable bonds is 7. The fourth-order valence-electron chi connectivity index (χ4n) is 2.81. The molecule has 17 heavy (non-hydrogen) atoms. The first-order valence-electron chi connectivity index (χ1n) is 6.55. The molecule has 98 valence electrons. The molecule has 0 saturated carbocycles. The van der Waals surface area contributed by atoms with Crippen LogP contribution in [0, 0.1) is 0 Å². The van der Waals surface area contributed by atoms with Crippen molar-refractivity contribution in [2.45, 2.75) is 45.2 Å². The van der Waals surface area contributed by atoms with Crippen molar-refractivity contribution in [3.63, 3.8) is 0 Å². The highest BCUT2D eigenvalue weighted by molar-refractivity contribution is 7.07. The second-order valence-corrected chi connectivity index (χ2v) is 5.53. The van der Waals surface area contributed by atoms with Crippen LogP contribution in [0.3, 0.4) is 0 Å². The van der Waals surface area contributed by atoms with Gasteiger partial charge in [0.15, 0.2) is 0 Å². The molecular weight excluding hydrogens is 228 g/mol. The Bertz CT molecular complexity index is 302. The minimum atomic E-state index is 0.205. The van der Waals surface area contributed by atoms with Crippen LogP contribution in [0.15, 0.2) is 16.8 Å². The Kier molecular flexibility index (Phi) is 5.63. The molecule has 0 spiro atoms. The molecule has 0 bridgehead atoms. The molecule has 1 aromatic heterocycles. The van der Waals surface area contributed by atoms with Crippen LogP contribution in [-0.2, 0) is 0 Å². The van der Waals surface area contributed by atoms with Gasteiger partial charge in [0.2, 0.25) is 0 Å². The second kappa shape index (κ2) is 6.53. The fourth-order valence-corrected chi connectivity index (χ4v) is 3.50. The molecule has 0 aliphatic carbocycles. The Balaban J connectivity index is 3.10. The van der Waals surface area contributed by atoms with Gasteiger partial charge in [0.1, 0.15) is 0 Å². The highest BCUT2D eigenvalue weighted by Gasteiger charge is 2.38. The third-order valence-electron chi connectivity index (χ3n) is 3.94. The van der Waals surface area contributed by atoms with Crippen molar-refractivity contribution >= 4 is 11.3 Å². The molecule has 0 aromatic carbocycles. The van der Waals surface area contributed by atoms with Crippen molar-refractivity contribution in [3.05, 3.63) is 22.4 Å². The maximum absolute atomic E-state index is 3.67. The van der Waals surface area contributed by atoms with Crippen LogP contribution in [0.4, 0.5) is 0 Å². The Morgan fingerprint density at radius 2 is 1.94 bits per heavy atom. The molecule has 0 amide bonds. The third-order valence-corrected chi connectivity index (χ3v) is 4.64. The predicted molar refractivity (Wildman–Crippen MR) is 77.7 cm³/mol. The van der Waals surface area contributed by atoms with Gasteiger partial charge in [0.05, 0.1) is 6.04 Å². The van der Waals surface area contributed by atoms with Gasteiger partial charge in [-0.05, 0) is 55.9 Å². The zero-order chi connectivity index (χ0) is 12.9. The first-order valence-corrected chi connectivity index (χ1v) is 7.49. The molecule has 0 fully saturated rings. The summed E-state index contributed by atoms with van der Waals surface area (Å²) in [6.45, 7) is 7.78. The van der Waals surface area contributed by atoms with Crippen molar-refractivity contribution < 1.29 is 0 Å². The zero-order valence-electron chi connectivity index (χ0n) is 11.8. The van der Waals surface area contributed by atoms with Crippen LogP contribution in [0.1, 0.15) is 45.2 Å². The maximum atomic E-state index is 3.67. The van der Waals surface area contributed by atoms with Gasteiger partial charge in [0.25, 0.3) is 0 Å². The minimum absolute atomic E-state index is 0.205. The summed E-state index contributed by atoms with van der Waals surface area (Å²) in [7, 11) is 4.40. The highest BCUT2D eigenvalue weighted by atomic mass is 32.1. The van der Waals surface area contributed by atoms with Crippen LogP contribution in [0.5, 0.6) is 0 Å². The van der Waals surface area contributed by atoms with E-state index in [9.17, 15) is 0 Å². The van der Waals surface area contributed by atoms with Gasteiger partial charge >= 0.3 is 0 Å². The summed E-state index contributed by atoms with van der Waals surface area (Å²) in [4.78, 5) is 2.39. The van der Waals surface area contributed by atoms with Crippen LogP contribution in [0.2, 0.25) is 0 Å². The molecule has 0 aliphatic heterocycles. The van der Waals surface area contributed by atoms with Gasteiger partial charge < -0.3 is 10.2 Å². The Labute approximate surface area is 110 Å². The molecule has 1 rings (SSSR count). The minimum Gasteiger partial charge on any atom is -0.309 e. The quantitative estimate of drug-likeness (QED) is 0.801. The smallest absolute Gasteiger partial charge is 0.0514 e. The Morgan fingerprint density at radius 3 is 2.29 bits per heavy atom. The van der Waals surface area contributed by atoms with Crippen LogP contribution < -0.4 is 5.32 Å². The lowest BCUT2D eigenvalue weighted by Crippen LogP contribution is -2.53. The average Bonchev–Trinajstić information content (AvgIpc) is 2.82. The van der Waals surface area contributed by atoms with Gasteiger partial charge in [-0.3, -0.25) is 0 Å². The first kappa shape index (κ1) is 14.7. The summed E-state index contributed by atoms with van der Waals surface area (Å²) < 4.78 is 0. The molecule has 1 heterocycles. The molecule has 1 atom stereocenters. The molecular formula is C14H26N2S. The van der Waals surface area contributed by atoms with E-state index in [1.165, 1.54) is 5.56 Å².